The summed E-state index contributed by atoms with van der Waals surface area (Å²) in [7, 11) is 0. The second-order valence-electron chi connectivity index (χ2n) is 6.48. The Hall–Kier alpha value is -3.67. The van der Waals surface area contributed by atoms with Crippen molar-refractivity contribution in [3.05, 3.63) is 80.1 Å². The molecule has 1 amide bonds. The molecule has 4 aromatic heterocycles. The third-order valence-corrected chi connectivity index (χ3v) is 6.71. The lowest BCUT2D eigenvalue weighted by Crippen LogP contribution is -2.12. The molecule has 5 aromatic rings. The highest BCUT2D eigenvalue weighted by molar-refractivity contribution is 7.19. The Balaban J connectivity index is 1.62. The molecule has 0 atom stereocenters. The molecule has 0 fully saturated rings. The van der Waals surface area contributed by atoms with E-state index in [-0.39, 0.29) is 15.7 Å². The summed E-state index contributed by atoms with van der Waals surface area (Å²) >= 11 is 8.19. The molecular weight excluding hydrogens is 472 g/mol. The van der Waals surface area contributed by atoms with Crippen LogP contribution < -0.4 is 5.32 Å². The van der Waals surface area contributed by atoms with Gasteiger partial charge < -0.3 is 5.32 Å². The molecule has 0 aliphatic rings. The molecule has 0 aliphatic heterocycles. The van der Waals surface area contributed by atoms with Gasteiger partial charge in [0, 0.05) is 6.07 Å². The summed E-state index contributed by atoms with van der Waals surface area (Å²) in [5, 5.41) is 18.5. The second kappa shape index (κ2) is 8.11. The van der Waals surface area contributed by atoms with Crippen molar-refractivity contribution in [1.82, 2.24) is 19.7 Å². The molecule has 4 heterocycles. The van der Waals surface area contributed by atoms with Crippen LogP contribution in [0.15, 0.2) is 60.8 Å². The minimum absolute atomic E-state index is 0.117. The maximum absolute atomic E-state index is 12.8. The van der Waals surface area contributed by atoms with Crippen LogP contribution in [-0.4, -0.2) is 30.6 Å². The Kier molecular flexibility index (Phi) is 5.13. The maximum Gasteiger partial charge on any atom is 0.324 e. The van der Waals surface area contributed by atoms with Crippen LogP contribution in [0.4, 0.5) is 10.8 Å². The number of nitrogens with one attached hydrogen (secondary N) is 1. The number of benzene rings is 1. The summed E-state index contributed by atoms with van der Waals surface area (Å²) in [5.74, 6) is 0.114. The van der Waals surface area contributed by atoms with Crippen molar-refractivity contribution in [2.45, 2.75) is 0 Å². The number of aromatic nitrogens is 4. The van der Waals surface area contributed by atoms with Gasteiger partial charge in [0.15, 0.2) is 11.5 Å². The zero-order valence-electron chi connectivity index (χ0n) is 15.9. The minimum Gasteiger partial charge on any atom is -0.305 e. The van der Waals surface area contributed by atoms with E-state index in [0.29, 0.717) is 21.2 Å². The number of amides is 1. The van der Waals surface area contributed by atoms with E-state index in [0.717, 1.165) is 21.9 Å². The van der Waals surface area contributed by atoms with Gasteiger partial charge in [-0.15, -0.1) is 11.3 Å². The molecule has 5 rings (SSSR count). The van der Waals surface area contributed by atoms with Crippen LogP contribution in [0.5, 0.6) is 0 Å². The second-order valence-corrected chi connectivity index (χ2v) is 9.26. The number of nitrogens with zero attached hydrogens (tertiary/aromatic N) is 5. The van der Waals surface area contributed by atoms with Crippen LogP contribution in [0.3, 0.4) is 0 Å². The molecule has 0 saturated carbocycles. The van der Waals surface area contributed by atoms with Crippen LogP contribution in [-0.2, 0) is 0 Å². The lowest BCUT2D eigenvalue weighted by Gasteiger charge is -2.08. The van der Waals surface area contributed by atoms with Crippen molar-refractivity contribution in [3.63, 3.8) is 0 Å². The van der Waals surface area contributed by atoms with Crippen LogP contribution >= 0.6 is 34.3 Å². The quantitative estimate of drug-likeness (QED) is 0.264. The molecule has 0 radical (unpaired) electrons. The van der Waals surface area contributed by atoms with E-state index in [1.165, 1.54) is 23.5 Å². The van der Waals surface area contributed by atoms with E-state index in [9.17, 15) is 14.9 Å². The fraction of sp³-hybridized carbons (Fsp3) is 0. The first-order valence-electron chi connectivity index (χ1n) is 9.12. The molecule has 158 valence electrons. The number of carbonyl (C=O) groups is 1. The zero-order valence-corrected chi connectivity index (χ0v) is 18.3. The van der Waals surface area contributed by atoms with E-state index in [1.807, 2.05) is 30.3 Å². The minimum atomic E-state index is -0.535. The predicted octanol–water partition coefficient (Wildman–Crippen LogP) is 5.42. The Labute approximate surface area is 193 Å². The Morgan fingerprint density at radius 3 is 2.56 bits per heavy atom. The molecule has 0 bridgehead atoms. The molecule has 0 saturated heterocycles. The van der Waals surface area contributed by atoms with E-state index in [1.54, 1.807) is 23.0 Å². The van der Waals surface area contributed by atoms with Crippen molar-refractivity contribution in [3.8, 4) is 16.4 Å². The normalized spacial score (nSPS) is 11.0. The lowest BCUT2D eigenvalue weighted by atomic mass is 10.3. The summed E-state index contributed by atoms with van der Waals surface area (Å²) in [6.45, 7) is 0. The van der Waals surface area contributed by atoms with E-state index in [4.69, 9.17) is 11.6 Å². The van der Waals surface area contributed by atoms with Gasteiger partial charge in [-0.05, 0) is 30.3 Å². The van der Waals surface area contributed by atoms with E-state index < -0.39 is 10.8 Å². The van der Waals surface area contributed by atoms with Gasteiger partial charge in [0.05, 0.1) is 36.3 Å². The number of rotatable bonds is 5. The number of hydrogen-bond acceptors (Lipinski definition) is 8. The number of nitro groups is 1. The average molecular weight is 483 g/mol. The monoisotopic (exact) mass is 482 g/mol. The van der Waals surface area contributed by atoms with Gasteiger partial charge >= 0.3 is 5.00 Å². The largest absolute Gasteiger partial charge is 0.324 e. The highest BCUT2D eigenvalue weighted by Gasteiger charge is 2.20. The molecule has 0 aliphatic carbocycles. The number of hydrogen-bond donors (Lipinski definition) is 1. The van der Waals surface area contributed by atoms with Gasteiger partial charge in [-0.2, -0.15) is 5.10 Å². The fourth-order valence-electron chi connectivity index (χ4n) is 3.02. The smallest absolute Gasteiger partial charge is 0.305 e. The molecule has 32 heavy (non-hydrogen) atoms. The van der Waals surface area contributed by atoms with Crippen molar-refractivity contribution in [1.29, 1.82) is 0 Å². The molecule has 0 unspecified atom stereocenters. The van der Waals surface area contributed by atoms with Crippen LogP contribution in [0, 0.1) is 10.1 Å². The van der Waals surface area contributed by atoms with Crippen molar-refractivity contribution >= 4 is 62.0 Å². The number of thiophene rings is 2. The highest BCUT2D eigenvalue weighted by atomic mass is 35.5. The fourth-order valence-corrected chi connectivity index (χ4v) is 4.72. The number of anilines is 1. The number of halogens is 1. The van der Waals surface area contributed by atoms with Crippen molar-refractivity contribution < 1.29 is 9.72 Å². The van der Waals surface area contributed by atoms with Gasteiger partial charge in [-0.25, -0.2) is 14.6 Å². The first-order valence-corrected chi connectivity index (χ1v) is 11.1. The Morgan fingerprint density at radius 2 is 1.88 bits per heavy atom. The van der Waals surface area contributed by atoms with Crippen LogP contribution in [0.25, 0.3) is 27.4 Å². The third-order valence-electron chi connectivity index (χ3n) is 4.45. The summed E-state index contributed by atoms with van der Waals surface area (Å²) in [6, 6.07) is 15.7. The van der Waals surface area contributed by atoms with Crippen LogP contribution in [0.2, 0.25) is 4.34 Å². The third kappa shape index (κ3) is 3.73. The Morgan fingerprint density at radius 1 is 1.06 bits per heavy atom. The maximum atomic E-state index is 12.8. The van der Waals surface area contributed by atoms with Gasteiger partial charge in [0.25, 0.3) is 5.91 Å². The first-order chi connectivity index (χ1) is 15.5. The topological polar surface area (TPSA) is 116 Å². The van der Waals surface area contributed by atoms with Crippen molar-refractivity contribution in [2.24, 2.45) is 0 Å². The summed E-state index contributed by atoms with van der Waals surface area (Å²) in [4.78, 5) is 33.3. The zero-order chi connectivity index (χ0) is 22.2. The van der Waals surface area contributed by atoms with Gasteiger partial charge in [-0.3, -0.25) is 14.9 Å². The van der Waals surface area contributed by atoms with Crippen LogP contribution in [0.1, 0.15) is 9.67 Å². The summed E-state index contributed by atoms with van der Waals surface area (Å²) in [5.41, 5.74) is 1.29. The lowest BCUT2D eigenvalue weighted by molar-refractivity contribution is -0.380. The highest BCUT2D eigenvalue weighted by Crippen LogP contribution is 2.33. The van der Waals surface area contributed by atoms with Crippen molar-refractivity contribution in [2.75, 3.05) is 5.32 Å². The number of fused-ring (bicyclic) bond motifs is 1. The Bertz CT molecular complexity index is 1480. The summed E-state index contributed by atoms with van der Waals surface area (Å²) < 4.78 is 2.23. The molecule has 12 heteroatoms. The predicted molar refractivity (Wildman–Crippen MR) is 124 cm³/mol. The van der Waals surface area contributed by atoms with Gasteiger partial charge in [-0.1, -0.05) is 41.1 Å². The first kappa shape index (κ1) is 20.2. The van der Waals surface area contributed by atoms with Gasteiger partial charge in [0.1, 0.15) is 5.82 Å². The molecule has 1 aromatic carbocycles. The molecule has 1 N–H and O–H groups in total. The number of carbonyl (C=O) groups excluding carboxylic acids is 1. The molecule has 0 spiro atoms. The number of para-hydroxylation sites is 1. The standard InChI is InChI=1S/C20H11ClN6O3S2/c21-15-8-6-13(31-15)18-23-17(25-20(28)14-7-9-16(32-14)27(29)30)12-10-22-26(19(12)24-18)11-4-2-1-3-5-11/h1-10H,(H,23,24,25,28). The molecular formula is C20H11ClN6O3S2. The molecule has 9 nitrogen and oxygen atoms in total. The van der Waals surface area contributed by atoms with Gasteiger partial charge in [0.2, 0.25) is 0 Å². The average Bonchev–Trinajstić information content (AvgIpc) is 3.53. The van der Waals surface area contributed by atoms with E-state index in [2.05, 4.69) is 20.4 Å². The summed E-state index contributed by atoms with van der Waals surface area (Å²) in [6.07, 6.45) is 1.57. The SMILES string of the molecule is O=C(Nc1nc(-c2ccc(Cl)s2)nc2c1cnn2-c1ccccc1)c1ccc([N+](=O)[O-])s1. The van der Waals surface area contributed by atoms with E-state index >= 15 is 0 Å².